The second-order valence-corrected chi connectivity index (χ2v) is 9.15. The van der Waals surface area contributed by atoms with E-state index in [2.05, 4.69) is 4.98 Å². The molecule has 0 saturated heterocycles. The molecule has 4 rings (SSSR count). The van der Waals surface area contributed by atoms with Crippen molar-refractivity contribution in [3.8, 4) is 0 Å². The van der Waals surface area contributed by atoms with E-state index < -0.39 is 0 Å². The topological polar surface area (TPSA) is 51.0 Å². The molecule has 2 aromatic carbocycles. The van der Waals surface area contributed by atoms with Crippen molar-refractivity contribution in [3.63, 3.8) is 0 Å². The fourth-order valence-electron chi connectivity index (χ4n) is 3.23. The van der Waals surface area contributed by atoms with E-state index in [0.717, 1.165) is 33.6 Å². The summed E-state index contributed by atoms with van der Waals surface area (Å²) in [6.07, 6.45) is 8.26. The highest BCUT2D eigenvalue weighted by Crippen LogP contribution is 2.36. The lowest BCUT2D eigenvalue weighted by molar-refractivity contribution is 0.0986. The highest BCUT2D eigenvalue weighted by Gasteiger charge is 2.22. The normalized spacial score (nSPS) is 11.2. The lowest BCUT2D eigenvalue weighted by Crippen LogP contribution is -2.32. The molecule has 0 aliphatic rings. The Balaban J connectivity index is 1.68. The number of anilines is 1. The van der Waals surface area contributed by atoms with Crippen LogP contribution in [0.4, 0.5) is 5.13 Å². The minimum absolute atomic E-state index is 0.0515. The lowest BCUT2D eigenvalue weighted by atomic mass is 10.2. The Labute approximate surface area is 188 Å². The van der Waals surface area contributed by atoms with Gasteiger partial charge in [0.1, 0.15) is 0 Å². The van der Waals surface area contributed by atoms with Gasteiger partial charge in [-0.3, -0.25) is 9.69 Å². The number of nitrogens with zero attached hydrogens (tertiary/aromatic N) is 4. The van der Waals surface area contributed by atoms with Gasteiger partial charge in [-0.05, 0) is 49.4 Å². The van der Waals surface area contributed by atoms with E-state index in [0.29, 0.717) is 22.3 Å². The molecule has 2 heterocycles. The van der Waals surface area contributed by atoms with Crippen LogP contribution in [0.2, 0.25) is 5.02 Å². The van der Waals surface area contributed by atoms with Crippen molar-refractivity contribution in [1.82, 2.24) is 14.5 Å². The predicted molar refractivity (Wildman–Crippen MR) is 126 cm³/mol. The highest BCUT2D eigenvalue weighted by atomic mass is 35.5. The summed E-state index contributed by atoms with van der Waals surface area (Å²) in [4.78, 5) is 25.2. The number of thioether (sulfide) groups is 1. The third kappa shape index (κ3) is 4.38. The minimum Gasteiger partial charge on any atom is -0.337 e. The number of imidazole rings is 1. The van der Waals surface area contributed by atoms with E-state index in [4.69, 9.17) is 16.6 Å². The van der Waals surface area contributed by atoms with Gasteiger partial charge >= 0.3 is 0 Å². The largest absolute Gasteiger partial charge is 0.337 e. The van der Waals surface area contributed by atoms with E-state index in [-0.39, 0.29) is 5.91 Å². The summed E-state index contributed by atoms with van der Waals surface area (Å²) in [5.41, 5.74) is 2.56. The van der Waals surface area contributed by atoms with Gasteiger partial charge in [0.15, 0.2) is 5.13 Å². The summed E-state index contributed by atoms with van der Waals surface area (Å²) in [5.74, 6) is -0.0515. The molecule has 0 atom stereocenters. The van der Waals surface area contributed by atoms with Gasteiger partial charge in [0.2, 0.25) is 0 Å². The molecule has 0 unspecified atom stereocenters. The van der Waals surface area contributed by atoms with Gasteiger partial charge < -0.3 is 4.57 Å². The number of halogens is 1. The van der Waals surface area contributed by atoms with Gasteiger partial charge in [0, 0.05) is 35.9 Å². The second kappa shape index (κ2) is 9.20. The standard InChI is InChI=1S/C22H21ClN4OS2/c1-15-7-8-18(23)20-19(15)25-22(30-20)27(11-4-10-26-12-9-24-14-26)21(28)16-5-3-6-17(13-16)29-2/h3,5-9,12-14H,4,10-11H2,1-2H3. The highest BCUT2D eigenvalue weighted by molar-refractivity contribution is 7.98. The van der Waals surface area contributed by atoms with Gasteiger partial charge in [0.05, 0.1) is 21.6 Å². The quantitative estimate of drug-likeness (QED) is 0.324. The summed E-state index contributed by atoms with van der Waals surface area (Å²) >= 11 is 9.49. The fourth-order valence-corrected chi connectivity index (χ4v) is 5.03. The van der Waals surface area contributed by atoms with Crippen molar-refractivity contribution < 1.29 is 4.79 Å². The van der Waals surface area contributed by atoms with Crippen molar-refractivity contribution in [1.29, 1.82) is 0 Å². The first kappa shape index (κ1) is 20.9. The first-order valence-corrected chi connectivity index (χ1v) is 12.0. The molecule has 0 N–H and O–H groups in total. The Morgan fingerprint density at radius 3 is 2.90 bits per heavy atom. The van der Waals surface area contributed by atoms with Crippen LogP contribution in [0.5, 0.6) is 0 Å². The molecule has 1 amide bonds. The van der Waals surface area contributed by atoms with Gasteiger partial charge in [-0.15, -0.1) is 11.8 Å². The molecule has 0 aliphatic carbocycles. The number of hydrogen-bond acceptors (Lipinski definition) is 5. The Morgan fingerprint density at radius 1 is 1.30 bits per heavy atom. The number of thiazole rings is 1. The summed E-state index contributed by atoms with van der Waals surface area (Å²) in [7, 11) is 0. The summed E-state index contributed by atoms with van der Waals surface area (Å²) in [5, 5.41) is 1.33. The molecular weight excluding hydrogens is 436 g/mol. The first-order chi connectivity index (χ1) is 14.6. The van der Waals surface area contributed by atoms with Crippen molar-refractivity contribution in [2.24, 2.45) is 0 Å². The van der Waals surface area contributed by atoms with Crippen LogP contribution in [0.1, 0.15) is 22.3 Å². The second-order valence-electron chi connectivity index (χ2n) is 6.88. The molecule has 0 spiro atoms. The molecule has 0 bridgehead atoms. The number of aromatic nitrogens is 3. The van der Waals surface area contributed by atoms with Crippen LogP contribution in [0, 0.1) is 6.92 Å². The number of carbonyl (C=O) groups excluding carboxylic acids is 1. The molecule has 2 aromatic heterocycles. The van der Waals surface area contributed by atoms with Gasteiger partial charge in [-0.25, -0.2) is 9.97 Å². The molecule has 0 aliphatic heterocycles. The molecular formula is C22H21ClN4OS2. The zero-order valence-electron chi connectivity index (χ0n) is 16.7. The van der Waals surface area contributed by atoms with Crippen LogP contribution in [0.25, 0.3) is 10.2 Å². The third-order valence-electron chi connectivity index (χ3n) is 4.84. The van der Waals surface area contributed by atoms with Crippen LogP contribution in [0.3, 0.4) is 0 Å². The van der Waals surface area contributed by atoms with E-state index in [9.17, 15) is 4.79 Å². The monoisotopic (exact) mass is 456 g/mol. The number of benzene rings is 2. The number of hydrogen-bond donors (Lipinski definition) is 0. The Hall–Kier alpha value is -2.35. The lowest BCUT2D eigenvalue weighted by Gasteiger charge is -2.20. The average Bonchev–Trinajstić information content (AvgIpc) is 3.44. The maximum atomic E-state index is 13.5. The number of aryl methyl sites for hydroxylation is 2. The van der Waals surface area contributed by atoms with E-state index in [1.54, 1.807) is 29.2 Å². The van der Waals surface area contributed by atoms with Crippen LogP contribution in [-0.2, 0) is 6.54 Å². The fraction of sp³-hybridized carbons (Fsp3) is 0.227. The molecule has 5 nitrogen and oxygen atoms in total. The molecule has 30 heavy (non-hydrogen) atoms. The zero-order valence-corrected chi connectivity index (χ0v) is 19.1. The maximum Gasteiger partial charge on any atom is 0.260 e. The number of carbonyl (C=O) groups is 1. The van der Waals surface area contributed by atoms with E-state index in [1.807, 2.05) is 60.3 Å². The Kier molecular flexibility index (Phi) is 6.41. The van der Waals surface area contributed by atoms with Gasteiger partial charge in [-0.2, -0.15) is 0 Å². The molecule has 154 valence electrons. The van der Waals surface area contributed by atoms with Crippen molar-refractivity contribution >= 4 is 56.0 Å². The molecule has 0 radical (unpaired) electrons. The summed E-state index contributed by atoms with van der Waals surface area (Å²) in [6, 6.07) is 11.6. The number of amides is 1. The molecule has 0 fully saturated rings. The average molecular weight is 457 g/mol. The van der Waals surface area contributed by atoms with Gasteiger partial charge in [0.25, 0.3) is 5.91 Å². The van der Waals surface area contributed by atoms with Crippen molar-refractivity contribution in [2.45, 2.75) is 24.8 Å². The molecule has 8 heteroatoms. The van der Waals surface area contributed by atoms with Crippen LogP contribution >= 0.6 is 34.7 Å². The zero-order chi connectivity index (χ0) is 21.1. The smallest absolute Gasteiger partial charge is 0.260 e. The number of rotatable bonds is 7. The van der Waals surface area contributed by atoms with Crippen LogP contribution in [0.15, 0.2) is 60.0 Å². The molecule has 4 aromatic rings. The third-order valence-corrected chi connectivity index (χ3v) is 7.10. The van der Waals surface area contributed by atoms with Crippen molar-refractivity contribution in [2.75, 3.05) is 17.7 Å². The van der Waals surface area contributed by atoms with Gasteiger partial charge in [-0.1, -0.05) is 35.1 Å². The Morgan fingerprint density at radius 2 is 2.17 bits per heavy atom. The van der Waals surface area contributed by atoms with E-state index >= 15 is 0 Å². The summed E-state index contributed by atoms with van der Waals surface area (Å²) < 4.78 is 2.92. The summed E-state index contributed by atoms with van der Waals surface area (Å²) in [6.45, 7) is 3.34. The first-order valence-electron chi connectivity index (χ1n) is 9.54. The maximum absolute atomic E-state index is 13.5. The van der Waals surface area contributed by atoms with Crippen LogP contribution < -0.4 is 4.90 Å². The number of fused-ring (bicyclic) bond motifs is 1. The van der Waals surface area contributed by atoms with Crippen molar-refractivity contribution in [3.05, 3.63) is 71.3 Å². The predicted octanol–water partition coefficient (Wildman–Crippen LogP) is 5.91. The minimum atomic E-state index is -0.0515. The van der Waals surface area contributed by atoms with Crippen LogP contribution in [-0.4, -0.2) is 33.2 Å². The Bertz CT molecular complexity index is 1130. The molecule has 0 saturated carbocycles. The SMILES string of the molecule is CSc1cccc(C(=O)N(CCCn2ccnc2)c2nc3c(C)ccc(Cl)c3s2)c1. The van der Waals surface area contributed by atoms with E-state index in [1.165, 1.54) is 11.3 Å².